The van der Waals surface area contributed by atoms with Gasteiger partial charge in [-0.05, 0) is 26.8 Å². The molecule has 0 fully saturated rings. The molecule has 0 unspecified atom stereocenters. The predicted octanol–water partition coefficient (Wildman–Crippen LogP) is 1.41. The van der Waals surface area contributed by atoms with E-state index in [0.717, 1.165) is 0 Å². The molecule has 0 rings (SSSR count). The van der Waals surface area contributed by atoms with Gasteiger partial charge in [0.1, 0.15) is 10.6 Å². The van der Waals surface area contributed by atoms with Crippen LogP contribution in [0, 0.1) is 0 Å². The summed E-state index contributed by atoms with van der Waals surface area (Å²) in [4.78, 5) is 11.1. The maximum absolute atomic E-state index is 11.1. The Bertz CT molecular complexity index is 194. The van der Waals surface area contributed by atoms with Gasteiger partial charge in [0.05, 0.1) is 0 Å². The third kappa shape index (κ3) is 5.16. The van der Waals surface area contributed by atoms with E-state index in [4.69, 9.17) is 22.1 Å². The molecule has 0 saturated carbocycles. The number of halogens is 1. The fourth-order valence-electron chi connectivity index (χ4n) is 0.514. The van der Waals surface area contributed by atoms with Crippen molar-refractivity contribution in [2.45, 2.75) is 26.4 Å². The minimum absolute atomic E-state index is 0.0347. The molecule has 0 aromatic carbocycles. The Morgan fingerprint density at radius 3 is 2.42 bits per heavy atom. The van der Waals surface area contributed by atoms with Crippen molar-refractivity contribution in [1.82, 2.24) is 0 Å². The van der Waals surface area contributed by atoms with Crippen molar-refractivity contribution in [3.8, 4) is 0 Å². The topological polar surface area (TPSA) is 52.3 Å². The maximum Gasteiger partial charge on any atom is 0.349 e. The first-order valence-electron chi connectivity index (χ1n) is 3.66. The number of nitrogens with two attached hydrogens (primary N) is 1. The summed E-state index contributed by atoms with van der Waals surface area (Å²) in [6.07, 6.45) is 1.41. The normalized spacial score (nSPS) is 12.9. The Morgan fingerprint density at radius 1 is 1.58 bits per heavy atom. The summed E-state index contributed by atoms with van der Waals surface area (Å²) in [7, 11) is 0. The molecule has 0 amide bonds. The van der Waals surface area contributed by atoms with E-state index in [9.17, 15) is 4.79 Å². The lowest BCUT2D eigenvalue weighted by molar-refractivity contribution is -0.149. The zero-order chi connectivity index (χ0) is 9.78. The SMILES string of the molecule is CC(C)(C)OC(=O)/C(Cl)=C/CN. The Kier molecular flexibility index (Phi) is 4.28. The second kappa shape index (κ2) is 4.48. The first-order valence-corrected chi connectivity index (χ1v) is 4.03. The van der Waals surface area contributed by atoms with Gasteiger partial charge < -0.3 is 10.5 Å². The van der Waals surface area contributed by atoms with Gasteiger partial charge in [0.2, 0.25) is 0 Å². The van der Waals surface area contributed by atoms with Crippen LogP contribution in [0.25, 0.3) is 0 Å². The lowest BCUT2D eigenvalue weighted by Gasteiger charge is -2.18. The fourth-order valence-corrected chi connectivity index (χ4v) is 0.641. The first kappa shape index (κ1) is 11.5. The average molecular weight is 192 g/mol. The molecule has 0 aromatic rings. The highest BCUT2D eigenvalue weighted by Crippen LogP contribution is 2.12. The third-order valence-corrected chi connectivity index (χ3v) is 1.20. The predicted molar refractivity (Wildman–Crippen MR) is 48.8 cm³/mol. The van der Waals surface area contributed by atoms with E-state index >= 15 is 0 Å². The van der Waals surface area contributed by atoms with E-state index < -0.39 is 11.6 Å². The van der Waals surface area contributed by atoms with Gasteiger partial charge in [0.15, 0.2) is 0 Å². The summed E-state index contributed by atoms with van der Waals surface area (Å²) in [6.45, 7) is 5.56. The van der Waals surface area contributed by atoms with E-state index in [-0.39, 0.29) is 11.6 Å². The summed E-state index contributed by atoms with van der Waals surface area (Å²) < 4.78 is 4.96. The molecule has 3 nitrogen and oxygen atoms in total. The van der Waals surface area contributed by atoms with Crippen LogP contribution in [0.4, 0.5) is 0 Å². The molecule has 0 aliphatic rings. The Labute approximate surface area is 77.5 Å². The molecule has 4 heteroatoms. The summed E-state index contributed by atoms with van der Waals surface area (Å²) in [5.74, 6) is -0.533. The fraction of sp³-hybridized carbons (Fsp3) is 0.625. The number of hydrogen-bond donors (Lipinski definition) is 1. The largest absolute Gasteiger partial charge is 0.456 e. The van der Waals surface area contributed by atoms with Crippen LogP contribution in [0.1, 0.15) is 20.8 Å². The molecule has 0 saturated heterocycles. The standard InChI is InChI=1S/C8H14ClNO2/c1-8(2,3)12-7(11)6(9)4-5-10/h4H,5,10H2,1-3H3/b6-4-. The average Bonchev–Trinajstić information content (AvgIpc) is 1.84. The van der Waals surface area contributed by atoms with E-state index in [1.807, 2.05) is 0 Å². The van der Waals surface area contributed by atoms with Gasteiger partial charge in [-0.15, -0.1) is 0 Å². The van der Waals surface area contributed by atoms with Crippen LogP contribution < -0.4 is 5.73 Å². The van der Waals surface area contributed by atoms with E-state index in [1.54, 1.807) is 20.8 Å². The molecule has 0 aliphatic carbocycles. The molecule has 0 aromatic heterocycles. The number of esters is 1. The quantitative estimate of drug-likeness (QED) is 0.531. The Hall–Kier alpha value is -0.540. The second-order valence-electron chi connectivity index (χ2n) is 3.29. The first-order chi connectivity index (χ1) is 5.37. The molecular formula is C8H14ClNO2. The number of carbonyl (C=O) groups excluding carboxylic acids is 1. The molecule has 0 aliphatic heterocycles. The number of rotatable bonds is 2. The lowest BCUT2D eigenvalue weighted by Crippen LogP contribution is -2.24. The van der Waals surface area contributed by atoms with Crippen LogP contribution >= 0.6 is 11.6 Å². The number of hydrogen-bond acceptors (Lipinski definition) is 3. The number of ether oxygens (including phenoxy) is 1. The van der Waals surface area contributed by atoms with Crippen molar-refractivity contribution in [2.75, 3.05) is 6.54 Å². The van der Waals surface area contributed by atoms with Gasteiger partial charge in [-0.1, -0.05) is 11.6 Å². The van der Waals surface area contributed by atoms with Crippen molar-refractivity contribution >= 4 is 17.6 Å². The van der Waals surface area contributed by atoms with Crippen molar-refractivity contribution in [1.29, 1.82) is 0 Å². The highest BCUT2D eigenvalue weighted by molar-refractivity contribution is 6.41. The summed E-state index contributed by atoms with van der Waals surface area (Å²) in [5.41, 5.74) is 4.65. The summed E-state index contributed by atoms with van der Waals surface area (Å²) >= 11 is 5.54. The maximum atomic E-state index is 11.1. The zero-order valence-corrected chi connectivity index (χ0v) is 8.31. The van der Waals surface area contributed by atoms with Crippen LogP contribution in [-0.4, -0.2) is 18.1 Å². The molecule has 0 bridgehead atoms. The molecule has 12 heavy (non-hydrogen) atoms. The van der Waals surface area contributed by atoms with Gasteiger partial charge in [-0.2, -0.15) is 0 Å². The smallest absolute Gasteiger partial charge is 0.349 e. The highest BCUT2D eigenvalue weighted by Gasteiger charge is 2.17. The van der Waals surface area contributed by atoms with Gasteiger partial charge in [-0.3, -0.25) is 0 Å². The van der Waals surface area contributed by atoms with Crippen LogP contribution in [0.5, 0.6) is 0 Å². The van der Waals surface area contributed by atoms with Gasteiger partial charge in [0.25, 0.3) is 0 Å². The molecule has 0 radical (unpaired) electrons. The van der Waals surface area contributed by atoms with Crippen molar-refractivity contribution in [3.63, 3.8) is 0 Å². The zero-order valence-electron chi connectivity index (χ0n) is 7.56. The third-order valence-electron chi connectivity index (χ3n) is 0.891. The molecule has 0 atom stereocenters. The second-order valence-corrected chi connectivity index (χ2v) is 3.70. The molecular weight excluding hydrogens is 178 g/mol. The van der Waals surface area contributed by atoms with Crippen LogP contribution in [-0.2, 0) is 9.53 Å². The number of carbonyl (C=O) groups is 1. The minimum atomic E-state index is -0.533. The molecule has 70 valence electrons. The van der Waals surface area contributed by atoms with Gasteiger partial charge >= 0.3 is 5.97 Å². The molecule has 2 N–H and O–H groups in total. The monoisotopic (exact) mass is 191 g/mol. The van der Waals surface area contributed by atoms with Crippen molar-refractivity contribution in [3.05, 3.63) is 11.1 Å². The van der Waals surface area contributed by atoms with Gasteiger partial charge in [-0.25, -0.2) is 4.79 Å². The van der Waals surface area contributed by atoms with Crippen LogP contribution in [0.2, 0.25) is 0 Å². The molecule has 0 heterocycles. The van der Waals surface area contributed by atoms with Gasteiger partial charge in [0, 0.05) is 6.54 Å². The molecule has 0 spiro atoms. The van der Waals surface area contributed by atoms with Crippen molar-refractivity contribution in [2.24, 2.45) is 5.73 Å². The van der Waals surface area contributed by atoms with E-state index in [1.165, 1.54) is 6.08 Å². The summed E-state index contributed by atoms with van der Waals surface area (Å²) in [6, 6.07) is 0. The summed E-state index contributed by atoms with van der Waals surface area (Å²) in [5, 5.41) is 0.0347. The van der Waals surface area contributed by atoms with Crippen LogP contribution in [0.15, 0.2) is 11.1 Å². The lowest BCUT2D eigenvalue weighted by atomic mass is 10.2. The Balaban J connectivity index is 4.15. The van der Waals surface area contributed by atoms with E-state index in [2.05, 4.69) is 0 Å². The Morgan fingerprint density at radius 2 is 2.08 bits per heavy atom. The van der Waals surface area contributed by atoms with Crippen molar-refractivity contribution < 1.29 is 9.53 Å². The van der Waals surface area contributed by atoms with Crippen LogP contribution in [0.3, 0.4) is 0 Å². The minimum Gasteiger partial charge on any atom is -0.456 e. The van der Waals surface area contributed by atoms with E-state index in [0.29, 0.717) is 0 Å². The highest BCUT2D eigenvalue weighted by atomic mass is 35.5.